The van der Waals surface area contributed by atoms with Gasteiger partial charge in [0.25, 0.3) is 0 Å². The van der Waals surface area contributed by atoms with Crippen LogP contribution in [-0.4, -0.2) is 6.61 Å². The zero-order valence-electron chi connectivity index (χ0n) is 6.30. The van der Waals surface area contributed by atoms with Gasteiger partial charge in [-0.2, -0.15) is 0 Å². The van der Waals surface area contributed by atoms with Crippen molar-refractivity contribution in [2.75, 3.05) is 6.61 Å². The van der Waals surface area contributed by atoms with Crippen molar-refractivity contribution in [3.8, 4) is 0 Å². The molecule has 2 heteroatoms. The first-order valence-corrected chi connectivity index (χ1v) is 4.44. The molecule has 0 unspecified atom stereocenters. The fourth-order valence-electron chi connectivity index (χ4n) is 1.12. The summed E-state index contributed by atoms with van der Waals surface area (Å²) in [6.07, 6.45) is 0.352. The van der Waals surface area contributed by atoms with Crippen LogP contribution in [0.15, 0.2) is 22.7 Å². The molecule has 1 atom stereocenters. The fourth-order valence-corrected chi connectivity index (χ4v) is 1.87. The second-order valence-corrected chi connectivity index (χ2v) is 3.70. The van der Waals surface area contributed by atoms with Crippen LogP contribution in [0, 0.1) is 6.92 Å². The molecule has 2 rings (SSSR count). The number of benzene rings is 1. The molecule has 0 aromatic heterocycles. The highest BCUT2D eigenvalue weighted by atomic mass is 79.9. The maximum Gasteiger partial charge on any atom is 0.107 e. The first-order valence-electron chi connectivity index (χ1n) is 3.65. The van der Waals surface area contributed by atoms with E-state index in [1.54, 1.807) is 0 Å². The quantitative estimate of drug-likeness (QED) is 0.653. The minimum Gasteiger partial charge on any atom is -0.368 e. The third kappa shape index (κ3) is 1.47. The molecular weight excluding hydrogens is 204 g/mol. The SMILES string of the molecule is Cc1ccc([C@H]2CO2)c(Br)c1. The Balaban J connectivity index is 2.39. The second-order valence-electron chi connectivity index (χ2n) is 2.85. The number of rotatable bonds is 1. The van der Waals surface area contributed by atoms with Gasteiger partial charge in [-0.3, -0.25) is 0 Å². The summed E-state index contributed by atoms with van der Waals surface area (Å²) >= 11 is 3.51. The van der Waals surface area contributed by atoms with Crippen LogP contribution < -0.4 is 0 Å². The molecule has 1 fully saturated rings. The highest BCUT2D eigenvalue weighted by molar-refractivity contribution is 9.10. The Labute approximate surface area is 74.5 Å². The molecule has 0 aliphatic carbocycles. The molecule has 58 valence electrons. The van der Waals surface area contributed by atoms with Gasteiger partial charge in [0.2, 0.25) is 0 Å². The summed E-state index contributed by atoms with van der Waals surface area (Å²) < 4.78 is 6.35. The molecule has 1 nitrogen and oxygen atoms in total. The number of aryl methyl sites for hydroxylation is 1. The van der Waals surface area contributed by atoms with Gasteiger partial charge in [-0.1, -0.05) is 28.1 Å². The van der Waals surface area contributed by atoms with E-state index in [0.29, 0.717) is 6.10 Å². The topological polar surface area (TPSA) is 12.5 Å². The molecule has 1 saturated heterocycles. The molecule has 1 aliphatic rings. The van der Waals surface area contributed by atoms with Crippen molar-refractivity contribution < 1.29 is 4.74 Å². The summed E-state index contributed by atoms with van der Waals surface area (Å²) in [7, 11) is 0. The Morgan fingerprint density at radius 3 is 2.82 bits per heavy atom. The Kier molecular flexibility index (Phi) is 1.74. The lowest BCUT2D eigenvalue weighted by molar-refractivity contribution is 0.415. The van der Waals surface area contributed by atoms with E-state index in [0.717, 1.165) is 6.61 Å². The number of epoxide rings is 1. The lowest BCUT2D eigenvalue weighted by Crippen LogP contribution is -1.83. The zero-order valence-corrected chi connectivity index (χ0v) is 7.89. The van der Waals surface area contributed by atoms with Gasteiger partial charge in [0.1, 0.15) is 6.10 Å². The van der Waals surface area contributed by atoms with Crippen molar-refractivity contribution in [3.05, 3.63) is 33.8 Å². The molecule has 0 amide bonds. The van der Waals surface area contributed by atoms with Crippen LogP contribution in [0.25, 0.3) is 0 Å². The molecule has 1 aromatic carbocycles. The smallest absolute Gasteiger partial charge is 0.107 e. The number of hydrogen-bond donors (Lipinski definition) is 0. The van der Waals surface area contributed by atoms with Gasteiger partial charge in [0, 0.05) is 4.47 Å². The molecule has 0 spiro atoms. The zero-order chi connectivity index (χ0) is 7.84. The summed E-state index contributed by atoms with van der Waals surface area (Å²) in [5.41, 5.74) is 2.55. The fraction of sp³-hybridized carbons (Fsp3) is 0.333. The summed E-state index contributed by atoms with van der Waals surface area (Å²) in [6.45, 7) is 2.96. The largest absolute Gasteiger partial charge is 0.368 e. The van der Waals surface area contributed by atoms with Crippen molar-refractivity contribution >= 4 is 15.9 Å². The van der Waals surface area contributed by atoms with Crippen LogP contribution in [0.2, 0.25) is 0 Å². The van der Waals surface area contributed by atoms with Crippen molar-refractivity contribution in [3.63, 3.8) is 0 Å². The molecule has 0 N–H and O–H groups in total. The first-order chi connectivity index (χ1) is 5.27. The Morgan fingerprint density at radius 1 is 1.55 bits per heavy atom. The van der Waals surface area contributed by atoms with Gasteiger partial charge < -0.3 is 4.74 Å². The molecule has 1 aromatic rings. The van der Waals surface area contributed by atoms with Gasteiger partial charge in [0.15, 0.2) is 0 Å². The third-order valence-electron chi connectivity index (χ3n) is 1.84. The van der Waals surface area contributed by atoms with Crippen LogP contribution >= 0.6 is 15.9 Å². The summed E-state index contributed by atoms with van der Waals surface area (Å²) in [6, 6.07) is 6.36. The lowest BCUT2D eigenvalue weighted by Gasteiger charge is -2.00. The predicted octanol–water partition coefficient (Wildman–Crippen LogP) is 2.83. The Hall–Kier alpha value is -0.340. The van der Waals surface area contributed by atoms with Crippen LogP contribution in [0.1, 0.15) is 17.2 Å². The minimum absolute atomic E-state index is 0.352. The second kappa shape index (κ2) is 2.61. The Morgan fingerprint density at radius 2 is 2.27 bits per heavy atom. The molecule has 0 radical (unpaired) electrons. The lowest BCUT2D eigenvalue weighted by atomic mass is 10.1. The van der Waals surface area contributed by atoms with Crippen LogP contribution in [0.5, 0.6) is 0 Å². The highest BCUT2D eigenvalue weighted by Gasteiger charge is 2.26. The van der Waals surface area contributed by atoms with Crippen LogP contribution in [-0.2, 0) is 4.74 Å². The van der Waals surface area contributed by atoms with E-state index in [4.69, 9.17) is 4.74 Å². The van der Waals surface area contributed by atoms with E-state index >= 15 is 0 Å². The van der Waals surface area contributed by atoms with Gasteiger partial charge in [-0.15, -0.1) is 0 Å². The maximum atomic E-state index is 5.19. The molecule has 1 aliphatic heterocycles. The summed E-state index contributed by atoms with van der Waals surface area (Å²) in [5.74, 6) is 0. The van der Waals surface area contributed by atoms with Gasteiger partial charge >= 0.3 is 0 Å². The van der Waals surface area contributed by atoms with Gasteiger partial charge in [0.05, 0.1) is 6.61 Å². The predicted molar refractivity (Wildman–Crippen MR) is 47.6 cm³/mol. The van der Waals surface area contributed by atoms with E-state index < -0.39 is 0 Å². The first kappa shape index (κ1) is 7.32. The monoisotopic (exact) mass is 212 g/mol. The van der Waals surface area contributed by atoms with Crippen LogP contribution in [0.4, 0.5) is 0 Å². The van der Waals surface area contributed by atoms with Crippen molar-refractivity contribution in [1.82, 2.24) is 0 Å². The van der Waals surface area contributed by atoms with Crippen molar-refractivity contribution in [1.29, 1.82) is 0 Å². The molecule has 11 heavy (non-hydrogen) atoms. The average molecular weight is 213 g/mol. The van der Waals surface area contributed by atoms with Crippen molar-refractivity contribution in [2.24, 2.45) is 0 Å². The molecule has 0 bridgehead atoms. The molecule has 0 saturated carbocycles. The average Bonchev–Trinajstić information content (AvgIpc) is 2.70. The van der Waals surface area contributed by atoms with E-state index in [2.05, 4.69) is 41.1 Å². The normalized spacial score (nSPS) is 21.8. The van der Waals surface area contributed by atoms with Gasteiger partial charge in [-0.05, 0) is 24.1 Å². The van der Waals surface area contributed by atoms with Crippen LogP contribution in [0.3, 0.4) is 0 Å². The third-order valence-corrected chi connectivity index (χ3v) is 2.52. The van der Waals surface area contributed by atoms with E-state index in [1.165, 1.54) is 15.6 Å². The molecule has 1 heterocycles. The van der Waals surface area contributed by atoms with Crippen molar-refractivity contribution in [2.45, 2.75) is 13.0 Å². The number of hydrogen-bond acceptors (Lipinski definition) is 1. The number of ether oxygens (including phenoxy) is 1. The maximum absolute atomic E-state index is 5.19. The van der Waals surface area contributed by atoms with Gasteiger partial charge in [-0.25, -0.2) is 0 Å². The summed E-state index contributed by atoms with van der Waals surface area (Å²) in [5, 5.41) is 0. The highest BCUT2D eigenvalue weighted by Crippen LogP contribution is 2.35. The van der Waals surface area contributed by atoms with E-state index in [1.807, 2.05) is 0 Å². The minimum atomic E-state index is 0.352. The Bertz CT molecular complexity index is 279. The van der Waals surface area contributed by atoms with E-state index in [9.17, 15) is 0 Å². The number of halogens is 1. The molecular formula is C9H9BrO. The standard InChI is InChI=1S/C9H9BrO/c1-6-2-3-7(8(10)4-6)9-5-11-9/h2-4,9H,5H2,1H3/t9-/m1/s1. The summed E-state index contributed by atoms with van der Waals surface area (Å²) in [4.78, 5) is 0. The van der Waals surface area contributed by atoms with E-state index in [-0.39, 0.29) is 0 Å².